The monoisotopic (exact) mass is 504 g/mol. The molecule has 0 amide bonds. The molecule has 0 aliphatic carbocycles. The van der Waals surface area contributed by atoms with E-state index < -0.39 is 8.07 Å². The molecule has 37 heavy (non-hydrogen) atoms. The first-order valence-corrected chi connectivity index (χ1v) is 17.0. The summed E-state index contributed by atoms with van der Waals surface area (Å²) >= 11 is 0. The summed E-state index contributed by atoms with van der Waals surface area (Å²) in [4.78, 5) is 0. The highest BCUT2D eigenvalue weighted by molar-refractivity contribution is 6.88. The maximum atomic E-state index is 7.03. The van der Waals surface area contributed by atoms with Crippen LogP contribution in [0.4, 0.5) is 0 Å². The molecule has 0 atom stereocenters. The third kappa shape index (κ3) is 3.78. The van der Waals surface area contributed by atoms with Crippen molar-refractivity contribution in [1.82, 2.24) is 0 Å². The van der Waals surface area contributed by atoms with Crippen LogP contribution in [0, 0.1) is 19.3 Å². The summed E-state index contributed by atoms with van der Waals surface area (Å²) in [6, 6.07) is 18.6. The van der Waals surface area contributed by atoms with E-state index in [4.69, 9.17) is 4.74 Å². The second-order valence-corrected chi connectivity index (χ2v) is 18.4. The lowest BCUT2D eigenvalue weighted by atomic mass is 9.81. The van der Waals surface area contributed by atoms with E-state index in [1.165, 1.54) is 65.5 Å². The van der Waals surface area contributed by atoms with Gasteiger partial charge in [0, 0.05) is 17.0 Å². The van der Waals surface area contributed by atoms with Crippen molar-refractivity contribution >= 4 is 45.6 Å². The summed E-state index contributed by atoms with van der Waals surface area (Å²) in [7, 11) is 0.744. The maximum absolute atomic E-state index is 7.03. The van der Waals surface area contributed by atoms with Gasteiger partial charge in [-0.05, 0) is 58.9 Å². The van der Waals surface area contributed by atoms with Crippen LogP contribution in [0.15, 0.2) is 54.7 Å². The Morgan fingerprint density at radius 3 is 2.27 bits per heavy atom. The van der Waals surface area contributed by atoms with Crippen molar-refractivity contribution in [2.75, 3.05) is 0 Å². The Hall–Kier alpha value is -3.17. The third-order valence-electron chi connectivity index (χ3n) is 8.00. The molecule has 0 fully saturated rings. The van der Waals surface area contributed by atoms with Crippen LogP contribution in [-0.4, -0.2) is 8.07 Å². The number of nitrogens with zero attached hydrogens (tertiary/aromatic N) is 1. The second-order valence-electron chi connectivity index (χ2n) is 13.3. The molecule has 0 N–H and O–H groups in total. The quantitative estimate of drug-likeness (QED) is 0.131. The number of hydrogen-bond acceptors (Lipinski definition) is 1. The van der Waals surface area contributed by atoms with Gasteiger partial charge in [0.15, 0.2) is 6.20 Å². The number of hydrogen-bond donors (Lipinski definition) is 0. The van der Waals surface area contributed by atoms with Crippen LogP contribution in [0.1, 0.15) is 37.5 Å². The van der Waals surface area contributed by atoms with Crippen molar-refractivity contribution in [3.05, 3.63) is 71.4 Å². The summed E-state index contributed by atoms with van der Waals surface area (Å²) in [6.07, 6.45) is 3.18. The molecule has 6 rings (SSSR count). The Labute approximate surface area is 221 Å². The standard InChI is InChI=1S/C34H38NOSi/c1-20-10-12-25-27(16-20)21(2)30-32-31-26(14-15-35(32)6)24-13-11-23(37(7,8)9)17-22(24)18-29(31)36-33(30)28(25)19-34(3,4)5/h10-18H,19H2,1-9H3/q+1. The number of benzene rings is 4. The molecule has 0 unspecified atom stereocenters. The van der Waals surface area contributed by atoms with Crippen LogP contribution in [0.2, 0.25) is 19.6 Å². The van der Waals surface area contributed by atoms with Crippen LogP contribution in [0.5, 0.6) is 11.5 Å². The first kappa shape index (κ1) is 24.2. The molecule has 5 aromatic rings. The first-order chi connectivity index (χ1) is 17.3. The van der Waals surface area contributed by atoms with Crippen molar-refractivity contribution in [1.29, 1.82) is 0 Å². The van der Waals surface area contributed by atoms with Gasteiger partial charge in [-0.1, -0.05) is 87.6 Å². The Balaban J connectivity index is 1.77. The summed E-state index contributed by atoms with van der Waals surface area (Å²) < 4.78 is 9.33. The molecule has 4 aromatic carbocycles. The van der Waals surface area contributed by atoms with Gasteiger partial charge in [-0.25, -0.2) is 4.57 Å². The lowest BCUT2D eigenvalue weighted by Gasteiger charge is -2.28. The van der Waals surface area contributed by atoms with Gasteiger partial charge >= 0.3 is 0 Å². The molecule has 0 bridgehead atoms. The largest absolute Gasteiger partial charge is 0.455 e. The van der Waals surface area contributed by atoms with Crippen LogP contribution >= 0.6 is 0 Å². The number of pyridine rings is 1. The highest BCUT2D eigenvalue weighted by atomic mass is 28.3. The molecule has 0 spiro atoms. The molecule has 2 heterocycles. The molecule has 3 heteroatoms. The molecular weight excluding hydrogens is 466 g/mol. The van der Waals surface area contributed by atoms with Gasteiger partial charge in [-0.3, -0.25) is 0 Å². The predicted molar refractivity (Wildman–Crippen MR) is 161 cm³/mol. The Morgan fingerprint density at radius 1 is 0.838 bits per heavy atom. The van der Waals surface area contributed by atoms with Crippen molar-refractivity contribution in [2.45, 2.75) is 60.7 Å². The fourth-order valence-electron chi connectivity index (χ4n) is 6.13. The Bertz CT molecular complexity index is 1770. The number of rotatable bonds is 2. The van der Waals surface area contributed by atoms with Crippen LogP contribution in [-0.2, 0) is 13.5 Å². The minimum atomic E-state index is -1.43. The van der Waals surface area contributed by atoms with Crippen molar-refractivity contribution in [2.24, 2.45) is 12.5 Å². The Morgan fingerprint density at radius 2 is 1.57 bits per heavy atom. The molecule has 1 aromatic heterocycles. The van der Waals surface area contributed by atoms with Gasteiger partial charge in [-0.2, -0.15) is 0 Å². The smallest absolute Gasteiger partial charge is 0.228 e. The van der Waals surface area contributed by atoms with Gasteiger partial charge in [0.1, 0.15) is 18.5 Å². The van der Waals surface area contributed by atoms with Crippen LogP contribution in [0.3, 0.4) is 0 Å². The first-order valence-electron chi connectivity index (χ1n) is 13.5. The number of aryl methyl sites for hydroxylation is 3. The van der Waals surface area contributed by atoms with E-state index in [1.807, 2.05) is 0 Å². The number of aromatic nitrogens is 1. The Kier molecular flexibility index (Phi) is 5.17. The maximum Gasteiger partial charge on any atom is 0.228 e. The van der Waals surface area contributed by atoms with E-state index in [9.17, 15) is 0 Å². The summed E-state index contributed by atoms with van der Waals surface area (Å²) in [5, 5.41) is 9.21. The van der Waals surface area contributed by atoms with Gasteiger partial charge < -0.3 is 4.74 Å². The van der Waals surface area contributed by atoms with Crippen LogP contribution < -0.4 is 14.5 Å². The minimum Gasteiger partial charge on any atom is -0.455 e. The number of fused-ring (bicyclic) bond motifs is 5. The lowest BCUT2D eigenvalue weighted by Crippen LogP contribution is -2.37. The highest BCUT2D eigenvalue weighted by Gasteiger charge is 2.34. The number of ether oxygens (including phenoxy) is 1. The summed E-state index contributed by atoms with van der Waals surface area (Å²) in [5.41, 5.74) is 6.56. The zero-order valence-corrected chi connectivity index (χ0v) is 24.8. The molecule has 0 saturated heterocycles. The minimum absolute atomic E-state index is 0.133. The third-order valence-corrected chi connectivity index (χ3v) is 10.0. The fraction of sp³-hybridized carbons (Fsp3) is 0.324. The highest BCUT2D eigenvalue weighted by Crippen LogP contribution is 2.52. The second kappa shape index (κ2) is 7.91. The molecule has 188 valence electrons. The van der Waals surface area contributed by atoms with E-state index in [-0.39, 0.29) is 5.41 Å². The average Bonchev–Trinajstić information content (AvgIpc) is 2.81. The van der Waals surface area contributed by atoms with E-state index in [0.29, 0.717) is 0 Å². The SMILES string of the molecule is Cc1ccc2c(CC(C)(C)C)c3c(c(C)c2c1)-c1c2c(cc4cc([Si](C)(C)C)ccc4c2cc[n+]1C)O3. The molecule has 1 aliphatic heterocycles. The molecule has 0 radical (unpaired) electrons. The van der Waals surface area contributed by atoms with E-state index >= 15 is 0 Å². The summed E-state index contributed by atoms with van der Waals surface area (Å²) in [5.74, 6) is 2.02. The molecule has 0 saturated carbocycles. The normalized spacial score (nSPS) is 13.3. The van der Waals surface area contributed by atoms with Crippen molar-refractivity contribution < 1.29 is 9.30 Å². The lowest BCUT2D eigenvalue weighted by molar-refractivity contribution is -0.659. The fourth-order valence-corrected chi connectivity index (χ4v) is 7.31. The zero-order chi connectivity index (χ0) is 26.4. The van der Waals surface area contributed by atoms with E-state index in [1.54, 1.807) is 0 Å². The molecule has 1 aliphatic rings. The van der Waals surface area contributed by atoms with Crippen LogP contribution in [0.25, 0.3) is 43.6 Å². The average molecular weight is 505 g/mol. The van der Waals surface area contributed by atoms with Gasteiger partial charge in [-0.15, -0.1) is 0 Å². The molecule has 2 nitrogen and oxygen atoms in total. The van der Waals surface area contributed by atoms with E-state index in [0.717, 1.165) is 17.9 Å². The van der Waals surface area contributed by atoms with Crippen molar-refractivity contribution in [3.8, 4) is 22.8 Å². The summed E-state index contributed by atoms with van der Waals surface area (Å²) in [6.45, 7) is 18.7. The van der Waals surface area contributed by atoms with Gasteiger partial charge in [0.05, 0.1) is 19.0 Å². The zero-order valence-electron chi connectivity index (χ0n) is 23.8. The van der Waals surface area contributed by atoms with Gasteiger partial charge in [0.25, 0.3) is 0 Å². The predicted octanol–water partition coefficient (Wildman–Crippen LogP) is 8.49. The van der Waals surface area contributed by atoms with Crippen molar-refractivity contribution in [3.63, 3.8) is 0 Å². The van der Waals surface area contributed by atoms with E-state index in [2.05, 4.69) is 121 Å². The topological polar surface area (TPSA) is 13.1 Å². The van der Waals surface area contributed by atoms with Gasteiger partial charge in [0.2, 0.25) is 5.69 Å². The molecular formula is C34H38NOSi+.